The van der Waals surface area contributed by atoms with Crippen LogP contribution in [-0.2, 0) is 0 Å². The van der Waals surface area contributed by atoms with Gasteiger partial charge >= 0.3 is 0 Å². The van der Waals surface area contributed by atoms with Gasteiger partial charge in [-0.05, 0) is 44.2 Å². The van der Waals surface area contributed by atoms with E-state index in [1.165, 1.54) is 38.5 Å². The largest absolute Gasteiger partial charge is 0.371 e. The van der Waals surface area contributed by atoms with Crippen molar-refractivity contribution in [3.63, 3.8) is 0 Å². The molecule has 4 heteroatoms. The fourth-order valence-electron chi connectivity index (χ4n) is 3.40. The number of nitrogens with zero attached hydrogens (tertiary/aromatic N) is 2. The summed E-state index contributed by atoms with van der Waals surface area (Å²) >= 11 is 0. The Morgan fingerprint density at radius 1 is 1.10 bits per heavy atom. The number of carbonyl (C=O) groups is 1. The van der Waals surface area contributed by atoms with Gasteiger partial charge in [-0.1, -0.05) is 19.3 Å². The van der Waals surface area contributed by atoms with E-state index in [1.54, 1.807) is 6.20 Å². The van der Waals surface area contributed by atoms with E-state index in [-0.39, 0.29) is 5.91 Å². The van der Waals surface area contributed by atoms with Crippen molar-refractivity contribution < 1.29 is 4.79 Å². The lowest BCUT2D eigenvalue weighted by Gasteiger charge is -2.29. The zero-order valence-electron chi connectivity index (χ0n) is 12.7. The summed E-state index contributed by atoms with van der Waals surface area (Å²) in [5, 5.41) is 3.15. The van der Waals surface area contributed by atoms with Crippen LogP contribution in [0.15, 0.2) is 18.3 Å². The standard InChI is InChI=1S/C17H25N3O/c21-17(19-14-7-3-1-4-8-14)16-13-15(9-10-18-16)20-11-5-2-6-12-20/h9-10,13-14H,1-8,11-12H2,(H,19,21). The van der Waals surface area contributed by atoms with Crippen LogP contribution in [0.3, 0.4) is 0 Å². The summed E-state index contributed by atoms with van der Waals surface area (Å²) < 4.78 is 0. The first-order valence-corrected chi connectivity index (χ1v) is 8.35. The lowest BCUT2D eigenvalue weighted by Crippen LogP contribution is -2.36. The molecule has 1 amide bonds. The van der Waals surface area contributed by atoms with Crippen molar-refractivity contribution in [2.45, 2.75) is 57.4 Å². The first-order chi connectivity index (χ1) is 10.3. The van der Waals surface area contributed by atoms with Gasteiger partial charge in [0.15, 0.2) is 0 Å². The molecular formula is C17H25N3O. The number of nitrogens with one attached hydrogen (secondary N) is 1. The highest BCUT2D eigenvalue weighted by Crippen LogP contribution is 2.21. The Balaban J connectivity index is 1.65. The van der Waals surface area contributed by atoms with Crippen LogP contribution in [0, 0.1) is 0 Å². The Morgan fingerprint density at radius 2 is 1.81 bits per heavy atom. The second kappa shape index (κ2) is 6.92. The minimum absolute atomic E-state index is 0.0132. The number of pyridine rings is 1. The molecule has 1 aromatic heterocycles. The molecule has 1 aliphatic heterocycles. The molecule has 4 nitrogen and oxygen atoms in total. The van der Waals surface area contributed by atoms with Gasteiger partial charge in [0, 0.05) is 31.0 Å². The van der Waals surface area contributed by atoms with Gasteiger partial charge in [0.1, 0.15) is 5.69 Å². The van der Waals surface area contributed by atoms with E-state index >= 15 is 0 Å². The van der Waals surface area contributed by atoms with Gasteiger partial charge < -0.3 is 10.2 Å². The first-order valence-electron chi connectivity index (χ1n) is 8.35. The summed E-state index contributed by atoms with van der Waals surface area (Å²) in [5.74, 6) is -0.0132. The Hall–Kier alpha value is -1.58. The third kappa shape index (κ3) is 3.74. The van der Waals surface area contributed by atoms with Gasteiger partial charge in [0.05, 0.1) is 0 Å². The zero-order chi connectivity index (χ0) is 14.5. The SMILES string of the molecule is O=C(NC1CCCCC1)c1cc(N2CCCCC2)ccn1. The molecule has 0 spiro atoms. The van der Waals surface area contributed by atoms with Gasteiger partial charge in [0.2, 0.25) is 0 Å². The fraction of sp³-hybridized carbons (Fsp3) is 0.647. The highest BCUT2D eigenvalue weighted by atomic mass is 16.1. The third-order valence-corrected chi connectivity index (χ3v) is 4.64. The van der Waals surface area contributed by atoms with Crippen molar-refractivity contribution in [1.29, 1.82) is 0 Å². The summed E-state index contributed by atoms with van der Waals surface area (Å²) in [6.07, 6.45) is 11.5. The highest BCUT2D eigenvalue weighted by Gasteiger charge is 2.18. The van der Waals surface area contributed by atoms with E-state index in [4.69, 9.17) is 0 Å². The second-order valence-electron chi connectivity index (χ2n) is 6.26. The van der Waals surface area contributed by atoms with E-state index in [9.17, 15) is 4.79 Å². The van der Waals surface area contributed by atoms with Crippen molar-refractivity contribution in [1.82, 2.24) is 10.3 Å². The number of carbonyl (C=O) groups excluding carboxylic acids is 1. The Morgan fingerprint density at radius 3 is 2.57 bits per heavy atom. The van der Waals surface area contributed by atoms with Crippen LogP contribution in [0.5, 0.6) is 0 Å². The van der Waals surface area contributed by atoms with Gasteiger partial charge in [-0.25, -0.2) is 0 Å². The number of rotatable bonds is 3. The van der Waals surface area contributed by atoms with E-state index in [1.807, 2.05) is 12.1 Å². The normalized spacial score (nSPS) is 20.3. The third-order valence-electron chi connectivity index (χ3n) is 4.64. The number of piperidine rings is 1. The van der Waals surface area contributed by atoms with Gasteiger partial charge in [-0.3, -0.25) is 9.78 Å². The summed E-state index contributed by atoms with van der Waals surface area (Å²) in [7, 11) is 0. The number of anilines is 1. The molecule has 21 heavy (non-hydrogen) atoms. The molecule has 0 aromatic carbocycles. The fourth-order valence-corrected chi connectivity index (χ4v) is 3.40. The van der Waals surface area contributed by atoms with Crippen LogP contribution in [0.4, 0.5) is 5.69 Å². The second-order valence-corrected chi connectivity index (χ2v) is 6.26. The first kappa shape index (κ1) is 14.4. The lowest BCUT2D eigenvalue weighted by atomic mass is 9.95. The molecule has 3 rings (SSSR count). The molecule has 1 aromatic rings. The lowest BCUT2D eigenvalue weighted by molar-refractivity contribution is 0.0922. The van der Waals surface area contributed by atoms with E-state index in [2.05, 4.69) is 15.2 Å². The number of hydrogen-bond donors (Lipinski definition) is 1. The van der Waals surface area contributed by atoms with Crippen molar-refractivity contribution >= 4 is 11.6 Å². The van der Waals surface area contributed by atoms with Crippen molar-refractivity contribution in [3.8, 4) is 0 Å². The zero-order valence-corrected chi connectivity index (χ0v) is 12.7. The van der Waals surface area contributed by atoms with Crippen LogP contribution in [0.2, 0.25) is 0 Å². The molecule has 2 aliphatic rings. The monoisotopic (exact) mass is 287 g/mol. The van der Waals surface area contributed by atoms with Crippen molar-refractivity contribution in [3.05, 3.63) is 24.0 Å². The number of hydrogen-bond acceptors (Lipinski definition) is 3. The highest BCUT2D eigenvalue weighted by molar-refractivity contribution is 5.93. The average molecular weight is 287 g/mol. The summed E-state index contributed by atoms with van der Waals surface area (Å²) in [6.45, 7) is 2.18. The van der Waals surface area contributed by atoms with E-state index < -0.39 is 0 Å². The predicted octanol–water partition coefficient (Wildman–Crippen LogP) is 3.13. The van der Waals surface area contributed by atoms with Gasteiger partial charge in [-0.15, -0.1) is 0 Å². The van der Waals surface area contributed by atoms with Crippen LogP contribution >= 0.6 is 0 Å². The van der Waals surface area contributed by atoms with Crippen LogP contribution in [-0.4, -0.2) is 30.0 Å². The van der Waals surface area contributed by atoms with Crippen molar-refractivity contribution in [2.24, 2.45) is 0 Å². The molecule has 0 atom stereocenters. The molecule has 114 valence electrons. The summed E-state index contributed by atoms with van der Waals surface area (Å²) in [6, 6.07) is 4.30. The summed E-state index contributed by atoms with van der Waals surface area (Å²) in [5.41, 5.74) is 1.70. The predicted molar refractivity (Wildman–Crippen MR) is 84.6 cm³/mol. The Bertz CT molecular complexity index is 477. The molecule has 0 bridgehead atoms. The molecule has 1 N–H and O–H groups in total. The minimum atomic E-state index is -0.0132. The molecule has 1 aliphatic carbocycles. The quantitative estimate of drug-likeness (QED) is 0.929. The van der Waals surface area contributed by atoms with E-state index in [0.717, 1.165) is 31.6 Å². The molecule has 1 saturated carbocycles. The smallest absolute Gasteiger partial charge is 0.270 e. The van der Waals surface area contributed by atoms with E-state index in [0.29, 0.717) is 11.7 Å². The summed E-state index contributed by atoms with van der Waals surface area (Å²) in [4.78, 5) is 19.0. The Kier molecular flexibility index (Phi) is 4.73. The molecular weight excluding hydrogens is 262 g/mol. The van der Waals surface area contributed by atoms with Crippen LogP contribution in [0.1, 0.15) is 61.9 Å². The average Bonchev–Trinajstić information content (AvgIpc) is 2.57. The topological polar surface area (TPSA) is 45.2 Å². The Labute approximate surface area is 126 Å². The molecule has 2 heterocycles. The van der Waals surface area contributed by atoms with Crippen molar-refractivity contribution in [2.75, 3.05) is 18.0 Å². The molecule has 0 unspecified atom stereocenters. The maximum Gasteiger partial charge on any atom is 0.270 e. The van der Waals surface area contributed by atoms with Gasteiger partial charge in [0.25, 0.3) is 5.91 Å². The van der Waals surface area contributed by atoms with Gasteiger partial charge in [-0.2, -0.15) is 0 Å². The number of amides is 1. The molecule has 2 fully saturated rings. The maximum absolute atomic E-state index is 12.4. The molecule has 0 radical (unpaired) electrons. The van der Waals surface area contributed by atoms with Crippen LogP contribution in [0.25, 0.3) is 0 Å². The minimum Gasteiger partial charge on any atom is -0.371 e. The maximum atomic E-state index is 12.4. The van der Waals surface area contributed by atoms with Crippen LogP contribution < -0.4 is 10.2 Å². The molecule has 1 saturated heterocycles. The number of aromatic nitrogens is 1.